The Bertz CT molecular complexity index is 931. The van der Waals surface area contributed by atoms with Crippen LogP contribution in [-0.2, 0) is 0 Å². The number of thiazole rings is 1. The Morgan fingerprint density at radius 1 is 1.22 bits per heavy atom. The number of hydrogen-bond acceptors (Lipinski definition) is 6. The topological polar surface area (TPSA) is 73.3 Å². The predicted octanol–water partition coefficient (Wildman–Crippen LogP) is 5.16. The molecule has 0 aliphatic heterocycles. The van der Waals surface area contributed by atoms with Crippen LogP contribution in [0.15, 0.2) is 41.9 Å². The second-order valence-corrected chi connectivity index (χ2v) is 7.03. The second kappa shape index (κ2) is 8.32. The summed E-state index contributed by atoms with van der Waals surface area (Å²) in [5.74, 6) is -0.522. The van der Waals surface area contributed by atoms with E-state index in [9.17, 15) is 9.18 Å². The molecule has 3 aromatic rings. The lowest BCUT2D eigenvalue weighted by molar-refractivity contribution is 0.102. The number of benzene rings is 1. The Morgan fingerprint density at radius 2 is 2.00 bits per heavy atom. The summed E-state index contributed by atoms with van der Waals surface area (Å²) in [5.41, 5.74) is 0.258. The fraction of sp³-hybridized carbons (Fsp3) is 0.167. The summed E-state index contributed by atoms with van der Waals surface area (Å²) < 4.78 is 24.7. The van der Waals surface area contributed by atoms with Crippen molar-refractivity contribution in [1.29, 1.82) is 0 Å². The van der Waals surface area contributed by atoms with Gasteiger partial charge in [-0.2, -0.15) is 4.98 Å². The molecule has 3 rings (SSSR count). The Morgan fingerprint density at radius 3 is 2.67 bits per heavy atom. The maximum absolute atomic E-state index is 13.5. The van der Waals surface area contributed by atoms with E-state index in [1.54, 1.807) is 11.6 Å². The van der Waals surface area contributed by atoms with E-state index in [0.29, 0.717) is 5.13 Å². The van der Waals surface area contributed by atoms with Crippen LogP contribution in [0.2, 0.25) is 5.02 Å². The number of nitrogens with one attached hydrogen (secondary N) is 1. The molecule has 0 saturated heterocycles. The van der Waals surface area contributed by atoms with Gasteiger partial charge in [-0.25, -0.2) is 9.37 Å². The largest absolute Gasteiger partial charge is 0.475 e. The summed E-state index contributed by atoms with van der Waals surface area (Å²) in [4.78, 5) is 20.7. The van der Waals surface area contributed by atoms with Crippen LogP contribution in [0, 0.1) is 5.82 Å². The molecule has 1 N–H and O–H groups in total. The number of nitrogens with zero attached hydrogens (tertiary/aromatic N) is 2. The van der Waals surface area contributed by atoms with E-state index in [0.717, 1.165) is 6.07 Å². The number of carbonyl (C=O) groups is 1. The number of aromatic nitrogens is 2. The highest BCUT2D eigenvalue weighted by atomic mass is 35.5. The van der Waals surface area contributed by atoms with Gasteiger partial charge in [0.15, 0.2) is 5.13 Å². The molecule has 1 aromatic carbocycles. The first-order valence-electron chi connectivity index (χ1n) is 7.92. The maximum Gasteiger partial charge on any atom is 0.257 e. The molecule has 1 amide bonds. The molecule has 0 spiro atoms. The molecule has 6 nitrogen and oxygen atoms in total. The Labute approximate surface area is 163 Å². The quantitative estimate of drug-likeness (QED) is 0.610. The lowest BCUT2D eigenvalue weighted by atomic mass is 10.2. The summed E-state index contributed by atoms with van der Waals surface area (Å²) in [6, 6.07) is 6.69. The smallest absolute Gasteiger partial charge is 0.257 e. The molecule has 2 heterocycles. The van der Waals surface area contributed by atoms with Crippen LogP contribution in [0.5, 0.6) is 17.5 Å². The van der Waals surface area contributed by atoms with Gasteiger partial charge in [-0.05, 0) is 26.0 Å². The van der Waals surface area contributed by atoms with Gasteiger partial charge in [0.1, 0.15) is 11.6 Å². The standard InChI is InChI=1S/C18H15ClFN3O3S/c1-10(2)25-15-5-11(17(24)23-18-21-3-4-27-18)6-16(22-15)26-14-8-12(19)7-13(20)9-14/h3-10H,1-2H3,(H,21,23,24). The molecule has 27 heavy (non-hydrogen) atoms. The molecule has 0 bridgehead atoms. The molecule has 0 aliphatic carbocycles. The fourth-order valence-electron chi connectivity index (χ4n) is 2.13. The summed E-state index contributed by atoms with van der Waals surface area (Å²) in [6.07, 6.45) is 1.42. The van der Waals surface area contributed by atoms with Crippen LogP contribution in [0.4, 0.5) is 9.52 Å². The van der Waals surface area contributed by atoms with E-state index in [-0.39, 0.29) is 34.2 Å². The molecule has 9 heteroatoms. The summed E-state index contributed by atoms with van der Waals surface area (Å²) >= 11 is 7.14. The van der Waals surface area contributed by atoms with Gasteiger partial charge in [0.2, 0.25) is 11.8 Å². The van der Waals surface area contributed by atoms with Crippen LogP contribution in [0.1, 0.15) is 24.2 Å². The predicted molar refractivity (Wildman–Crippen MR) is 102 cm³/mol. The number of anilines is 1. The van der Waals surface area contributed by atoms with Crippen LogP contribution < -0.4 is 14.8 Å². The number of ether oxygens (including phenoxy) is 2. The van der Waals surface area contributed by atoms with Gasteiger partial charge in [-0.1, -0.05) is 11.6 Å². The van der Waals surface area contributed by atoms with E-state index >= 15 is 0 Å². The van der Waals surface area contributed by atoms with Crippen molar-refractivity contribution in [3.8, 4) is 17.5 Å². The normalized spacial score (nSPS) is 10.7. The molecule has 0 fully saturated rings. The zero-order valence-electron chi connectivity index (χ0n) is 14.4. The van der Waals surface area contributed by atoms with Crippen molar-refractivity contribution in [1.82, 2.24) is 9.97 Å². The third-order valence-corrected chi connectivity index (χ3v) is 4.01. The zero-order valence-corrected chi connectivity index (χ0v) is 16.0. The highest BCUT2D eigenvalue weighted by Gasteiger charge is 2.14. The first kappa shape index (κ1) is 19.1. The van der Waals surface area contributed by atoms with Crippen molar-refractivity contribution in [2.24, 2.45) is 0 Å². The lowest BCUT2D eigenvalue weighted by Crippen LogP contribution is -2.14. The summed E-state index contributed by atoms with van der Waals surface area (Å²) in [7, 11) is 0. The molecule has 0 saturated carbocycles. The number of hydrogen-bond donors (Lipinski definition) is 1. The Hall–Kier alpha value is -2.71. The van der Waals surface area contributed by atoms with Crippen molar-refractivity contribution in [3.05, 3.63) is 58.3 Å². The van der Waals surface area contributed by atoms with Crippen molar-refractivity contribution < 1.29 is 18.7 Å². The van der Waals surface area contributed by atoms with Gasteiger partial charge >= 0.3 is 0 Å². The second-order valence-electron chi connectivity index (χ2n) is 5.70. The highest BCUT2D eigenvalue weighted by molar-refractivity contribution is 7.13. The van der Waals surface area contributed by atoms with Gasteiger partial charge < -0.3 is 9.47 Å². The zero-order chi connectivity index (χ0) is 19.4. The SMILES string of the molecule is CC(C)Oc1cc(C(=O)Nc2nccs2)cc(Oc2cc(F)cc(Cl)c2)n1. The third-order valence-electron chi connectivity index (χ3n) is 3.11. The van der Waals surface area contributed by atoms with Crippen molar-refractivity contribution in [3.63, 3.8) is 0 Å². The van der Waals surface area contributed by atoms with E-state index < -0.39 is 11.7 Å². The molecular weight excluding hydrogens is 393 g/mol. The summed E-state index contributed by atoms with van der Waals surface area (Å²) in [5, 5.41) is 5.07. The van der Waals surface area contributed by atoms with Crippen molar-refractivity contribution in [2.75, 3.05) is 5.32 Å². The molecular formula is C18H15ClFN3O3S. The molecule has 0 aliphatic rings. The number of amides is 1. The first-order valence-corrected chi connectivity index (χ1v) is 9.18. The van der Waals surface area contributed by atoms with E-state index in [1.165, 1.54) is 35.6 Å². The number of halogens is 2. The molecule has 140 valence electrons. The molecule has 0 unspecified atom stereocenters. The minimum absolute atomic E-state index is 0.0686. The van der Waals surface area contributed by atoms with E-state index in [4.69, 9.17) is 21.1 Å². The van der Waals surface area contributed by atoms with Crippen LogP contribution in [0.25, 0.3) is 0 Å². The van der Waals surface area contributed by atoms with Gasteiger partial charge in [0.05, 0.1) is 11.7 Å². The average molecular weight is 408 g/mol. The Balaban J connectivity index is 1.91. The molecule has 0 radical (unpaired) electrons. The van der Waals surface area contributed by atoms with Crippen LogP contribution >= 0.6 is 22.9 Å². The van der Waals surface area contributed by atoms with Crippen LogP contribution in [-0.4, -0.2) is 22.0 Å². The first-order chi connectivity index (χ1) is 12.9. The van der Waals surface area contributed by atoms with E-state index in [2.05, 4.69) is 15.3 Å². The lowest BCUT2D eigenvalue weighted by Gasteiger charge is -2.13. The van der Waals surface area contributed by atoms with Crippen molar-refractivity contribution in [2.45, 2.75) is 20.0 Å². The van der Waals surface area contributed by atoms with Crippen LogP contribution in [0.3, 0.4) is 0 Å². The number of carbonyl (C=O) groups excluding carboxylic acids is 1. The number of rotatable bonds is 6. The Kier molecular flexibility index (Phi) is 5.88. The van der Waals surface area contributed by atoms with Gasteiger partial charge in [0.25, 0.3) is 5.91 Å². The monoisotopic (exact) mass is 407 g/mol. The minimum atomic E-state index is -0.547. The van der Waals surface area contributed by atoms with Gasteiger partial charge in [-0.3, -0.25) is 10.1 Å². The summed E-state index contributed by atoms with van der Waals surface area (Å²) in [6.45, 7) is 3.66. The van der Waals surface area contributed by atoms with E-state index in [1.807, 2.05) is 13.8 Å². The molecule has 0 atom stereocenters. The fourth-order valence-corrected chi connectivity index (χ4v) is 2.86. The van der Waals surface area contributed by atoms with Gasteiger partial charge in [0, 0.05) is 34.8 Å². The average Bonchev–Trinajstić information content (AvgIpc) is 3.05. The maximum atomic E-state index is 13.5. The highest BCUT2D eigenvalue weighted by Crippen LogP contribution is 2.27. The van der Waals surface area contributed by atoms with Gasteiger partial charge in [-0.15, -0.1) is 11.3 Å². The molecule has 2 aromatic heterocycles. The third kappa shape index (κ3) is 5.38. The minimum Gasteiger partial charge on any atom is -0.475 e. The van der Waals surface area contributed by atoms with Crippen molar-refractivity contribution >= 4 is 34.0 Å². The number of pyridine rings is 1.